The van der Waals surface area contributed by atoms with Crippen molar-refractivity contribution in [3.8, 4) is 0 Å². The number of carbonyl (C=O) groups excluding carboxylic acids is 1. The van der Waals surface area contributed by atoms with E-state index in [-0.39, 0.29) is 17.9 Å². The number of aliphatic hydroxyl groups excluding tert-OH is 1. The van der Waals surface area contributed by atoms with Crippen molar-refractivity contribution in [1.29, 1.82) is 0 Å². The molecule has 0 bridgehead atoms. The zero-order chi connectivity index (χ0) is 13.6. The van der Waals surface area contributed by atoms with Crippen LogP contribution in [0, 0.1) is 0 Å². The minimum Gasteiger partial charge on any atom is -0.396 e. The number of carbonyl (C=O) groups is 1. The van der Waals surface area contributed by atoms with E-state index in [4.69, 9.17) is 5.11 Å². The Hall–Kier alpha value is -1.35. The lowest BCUT2D eigenvalue weighted by Crippen LogP contribution is -2.26. The highest BCUT2D eigenvalue weighted by Gasteiger charge is 2.13. The van der Waals surface area contributed by atoms with Gasteiger partial charge in [-0.2, -0.15) is 0 Å². The summed E-state index contributed by atoms with van der Waals surface area (Å²) in [5, 5.41) is 11.4. The summed E-state index contributed by atoms with van der Waals surface area (Å²) in [6.07, 6.45) is 1.00. The molecule has 0 heterocycles. The van der Waals surface area contributed by atoms with Crippen LogP contribution in [0.15, 0.2) is 24.3 Å². The summed E-state index contributed by atoms with van der Waals surface area (Å²) in [5.41, 5.74) is 2.43. The van der Waals surface area contributed by atoms with Gasteiger partial charge >= 0.3 is 0 Å². The number of nitrogens with one attached hydrogen (secondary N) is 1. The van der Waals surface area contributed by atoms with Gasteiger partial charge in [-0.25, -0.2) is 0 Å². The highest BCUT2D eigenvalue weighted by atomic mass is 16.3. The predicted molar refractivity (Wildman–Crippen MR) is 73.6 cm³/mol. The lowest BCUT2D eigenvalue weighted by Gasteiger charge is -2.19. The second-order valence-corrected chi connectivity index (χ2v) is 5.55. The standard InChI is InChI=1S/C15H23NO2/c1-15(2,3)13-7-5-12(6-8-13)11-14(18)16-9-4-10-17/h5-8,17H,4,9-11H2,1-3H3,(H,16,18). The van der Waals surface area contributed by atoms with Crippen LogP contribution in [0.3, 0.4) is 0 Å². The summed E-state index contributed by atoms with van der Waals surface area (Å²) in [7, 11) is 0. The van der Waals surface area contributed by atoms with Crippen LogP contribution < -0.4 is 5.32 Å². The first-order valence-corrected chi connectivity index (χ1v) is 6.40. The van der Waals surface area contributed by atoms with Crippen LogP contribution in [0.25, 0.3) is 0 Å². The second-order valence-electron chi connectivity index (χ2n) is 5.55. The highest BCUT2D eigenvalue weighted by Crippen LogP contribution is 2.22. The number of rotatable bonds is 5. The van der Waals surface area contributed by atoms with Gasteiger partial charge in [0.2, 0.25) is 5.91 Å². The second kappa shape index (κ2) is 6.55. The number of hydrogen-bond donors (Lipinski definition) is 2. The summed E-state index contributed by atoms with van der Waals surface area (Å²) in [4.78, 5) is 11.6. The van der Waals surface area contributed by atoms with Crippen LogP contribution >= 0.6 is 0 Å². The minimum absolute atomic E-state index is 0.00644. The van der Waals surface area contributed by atoms with Crippen molar-refractivity contribution in [1.82, 2.24) is 5.32 Å². The number of amides is 1. The van der Waals surface area contributed by atoms with Gasteiger partial charge in [-0.05, 0) is 23.0 Å². The fourth-order valence-electron chi connectivity index (χ4n) is 1.68. The SMILES string of the molecule is CC(C)(C)c1ccc(CC(=O)NCCCO)cc1. The average Bonchev–Trinajstić information content (AvgIpc) is 2.29. The van der Waals surface area contributed by atoms with Gasteiger partial charge in [0.15, 0.2) is 0 Å². The van der Waals surface area contributed by atoms with E-state index < -0.39 is 0 Å². The molecule has 1 aromatic rings. The van der Waals surface area contributed by atoms with Crippen molar-refractivity contribution in [2.75, 3.05) is 13.2 Å². The molecule has 1 amide bonds. The molecule has 0 saturated carbocycles. The zero-order valence-electron chi connectivity index (χ0n) is 11.5. The molecule has 0 atom stereocenters. The number of aliphatic hydroxyl groups is 1. The van der Waals surface area contributed by atoms with Crippen molar-refractivity contribution in [3.63, 3.8) is 0 Å². The maximum atomic E-state index is 11.6. The van der Waals surface area contributed by atoms with Crippen molar-refractivity contribution in [3.05, 3.63) is 35.4 Å². The lowest BCUT2D eigenvalue weighted by atomic mass is 9.86. The Labute approximate surface area is 109 Å². The Kier molecular flexibility index (Phi) is 5.35. The van der Waals surface area contributed by atoms with Crippen molar-refractivity contribution >= 4 is 5.91 Å². The van der Waals surface area contributed by atoms with Gasteiger partial charge < -0.3 is 10.4 Å². The molecule has 1 aromatic carbocycles. The Morgan fingerprint density at radius 2 is 1.83 bits per heavy atom. The third-order valence-corrected chi connectivity index (χ3v) is 2.84. The first-order valence-electron chi connectivity index (χ1n) is 6.40. The van der Waals surface area contributed by atoms with E-state index in [1.54, 1.807) is 0 Å². The molecule has 3 heteroatoms. The molecule has 0 aromatic heterocycles. The third-order valence-electron chi connectivity index (χ3n) is 2.84. The lowest BCUT2D eigenvalue weighted by molar-refractivity contribution is -0.120. The maximum absolute atomic E-state index is 11.6. The van der Waals surface area contributed by atoms with Gasteiger partial charge in [0.05, 0.1) is 6.42 Å². The van der Waals surface area contributed by atoms with Crippen molar-refractivity contribution in [2.45, 2.75) is 39.0 Å². The van der Waals surface area contributed by atoms with E-state index in [0.717, 1.165) is 5.56 Å². The van der Waals surface area contributed by atoms with Crippen LogP contribution in [0.1, 0.15) is 38.3 Å². The van der Waals surface area contributed by atoms with Crippen LogP contribution in [0.4, 0.5) is 0 Å². The van der Waals surface area contributed by atoms with Crippen LogP contribution in [-0.2, 0) is 16.6 Å². The number of hydrogen-bond acceptors (Lipinski definition) is 2. The van der Waals surface area contributed by atoms with E-state index in [1.807, 2.05) is 12.1 Å². The molecule has 0 aliphatic rings. The smallest absolute Gasteiger partial charge is 0.224 e. The molecule has 0 aliphatic carbocycles. The highest BCUT2D eigenvalue weighted by molar-refractivity contribution is 5.78. The Morgan fingerprint density at radius 3 is 2.33 bits per heavy atom. The molecule has 1 rings (SSSR count). The van der Waals surface area contributed by atoms with E-state index in [9.17, 15) is 4.79 Å². The molecular weight excluding hydrogens is 226 g/mol. The number of benzene rings is 1. The molecular formula is C15H23NO2. The zero-order valence-corrected chi connectivity index (χ0v) is 11.5. The van der Waals surface area contributed by atoms with Crippen molar-refractivity contribution < 1.29 is 9.90 Å². The van der Waals surface area contributed by atoms with E-state index in [0.29, 0.717) is 19.4 Å². The van der Waals surface area contributed by atoms with E-state index in [1.165, 1.54) is 5.56 Å². The quantitative estimate of drug-likeness (QED) is 0.784. The first kappa shape index (κ1) is 14.7. The topological polar surface area (TPSA) is 49.3 Å². The van der Waals surface area contributed by atoms with Gasteiger partial charge in [-0.1, -0.05) is 45.0 Å². The molecule has 0 saturated heterocycles. The average molecular weight is 249 g/mol. The van der Waals surface area contributed by atoms with Crippen LogP contribution in [0.5, 0.6) is 0 Å². The van der Waals surface area contributed by atoms with Crippen LogP contribution in [0.2, 0.25) is 0 Å². The fourth-order valence-corrected chi connectivity index (χ4v) is 1.68. The molecule has 100 valence electrons. The molecule has 2 N–H and O–H groups in total. The van der Waals surface area contributed by atoms with Gasteiger partial charge in [0.25, 0.3) is 0 Å². The summed E-state index contributed by atoms with van der Waals surface area (Å²) in [6, 6.07) is 8.17. The minimum atomic E-state index is 0.00644. The normalized spacial score (nSPS) is 11.3. The Balaban J connectivity index is 2.51. The van der Waals surface area contributed by atoms with Gasteiger partial charge in [-0.3, -0.25) is 4.79 Å². The molecule has 0 spiro atoms. The predicted octanol–water partition coefficient (Wildman–Crippen LogP) is 2.03. The monoisotopic (exact) mass is 249 g/mol. The van der Waals surface area contributed by atoms with Gasteiger partial charge in [0.1, 0.15) is 0 Å². The van der Waals surface area contributed by atoms with Gasteiger partial charge in [0, 0.05) is 13.2 Å². The molecule has 18 heavy (non-hydrogen) atoms. The molecule has 3 nitrogen and oxygen atoms in total. The molecule has 0 unspecified atom stereocenters. The summed E-state index contributed by atoms with van der Waals surface area (Å²) in [5.74, 6) is 0.00644. The largest absolute Gasteiger partial charge is 0.396 e. The van der Waals surface area contributed by atoms with E-state index in [2.05, 4.69) is 38.2 Å². The summed E-state index contributed by atoms with van der Waals surface area (Å²) in [6.45, 7) is 7.16. The molecule has 0 aliphatic heterocycles. The summed E-state index contributed by atoms with van der Waals surface area (Å²) < 4.78 is 0. The van der Waals surface area contributed by atoms with Gasteiger partial charge in [-0.15, -0.1) is 0 Å². The fraction of sp³-hybridized carbons (Fsp3) is 0.533. The van der Waals surface area contributed by atoms with Crippen LogP contribution in [-0.4, -0.2) is 24.2 Å². The maximum Gasteiger partial charge on any atom is 0.224 e. The third kappa shape index (κ3) is 4.88. The molecule has 0 radical (unpaired) electrons. The Morgan fingerprint density at radius 1 is 1.22 bits per heavy atom. The Bertz CT molecular complexity index is 376. The summed E-state index contributed by atoms with van der Waals surface area (Å²) >= 11 is 0. The van der Waals surface area contributed by atoms with E-state index >= 15 is 0 Å². The first-order chi connectivity index (χ1) is 8.43. The molecule has 0 fully saturated rings. The van der Waals surface area contributed by atoms with Crippen molar-refractivity contribution in [2.24, 2.45) is 0 Å².